The average Bonchev–Trinajstić information content (AvgIpc) is 2.89. The lowest BCUT2D eigenvalue weighted by atomic mass is 9.94. The Morgan fingerprint density at radius 2 is 2.33 bits per heavy atom. The quantitative estimate of drug-likeness (QED) is 0.507. The second-order valence-electron chi connectivity index (χ2n) is 5.45. The number of carbonyl (C=O) groups is 1. The summed E-state index contributed by atoms with van der Waals surface area (Å²) in [7, 11) is 0. The van der Waals surface area contributed by atoms with Gasteiger partial charge in [0.15, 0.2) is 0 Å². The lowest BCUT2D eigenvalue weighted by Crippen LogP contribution is -2.41. The van der Waals surface area contributed by atoms with Gasteiger partial charge in [0.1, 0.15) is 16.9 Å². The van der Waals surface area contributed by atoms with Gasteiger partial charge in [-0.05, 0) is 31.4 Å². The number of nitro groups is 1. The van der Waals surface area contributed by atoms with Gasteiger partial charge in [-0.15, -0.1) is 0 Å². The van der Waals surface area contributed by atoms with Gasteiger partial charge < -0.3 is 10.2 Å². The fraction of sp³-hybridized carbons (Fsp3) is 0.538. The predicted octanol–water partition coefficient (Wildman–Crippen LogP) is 1.47. The van der Waals surface area contributed by atoms with Crippen LogP contribution in [0.15, 0.2) is 12.3 Å². The summed E-state index contributed by atoms with van der Waals surface area (Å²) in [6.07, 6.45) is 3.22. The number of fused-ring (bicyclic) bond motifs is 1. The highest BCUT2D eigenvalue weighted by molar-refractivity contribution is 6.29. The summed E-state index contributed by atoms with van der Waals surface area (Å²) in [5.74, 6) is 0.0845. The third-order valence-corrected chi connectivity index (χ3v) is 4.37. The molecule has 2 fully saturated rings. The summed E-state index contributed by atoms with van der Waals surface area (Å²) < 4.78 is 0. The van der Waals surface area contributed by atoms with Crippen molar-refractivity contribution in [1.82, 2.24) is 15.2 Å². The number of nitrogens with zero attached hydrogens (tertiary/aromatic N) is 3. The predicted molar refractivity (Wildman–Crippen MR) is 76.3 cm³/mol. The lowest BCUT2D eigenvalue weighted by Gasteiger charge is -2.24. The van der Waals surface area contributed by atoms with E-state index in [0.29, 0.717) is 25.0 Å². The molecule has 1 N–H and O–H groups in total. The molecule has 8 heteroatoms. The van der Waals surface area contributed by atoms with Crippen LogP contribution in [-0.2, 0) is 0 Å². The van der Waals surface area contributed by atoms with Crippen LogP contribution in [0.4, 0.5) is 5.69 Å². The van der Waals surface area contributed by atoms with Crippen molar-refractivity contribution in [2.45, 2.75) is 18.9 Å². The lowest BCUT2D eigenvalue weighted by molar-refractivity contribution is -0.385. The number of hydrogen-bond acceptors (Lipinski definition) is 5. The Morgan fingerprint density at radius 3 is 3.05 bits per heavy atom. The number of likely N-dealkylation sites (tertiary alicyclic amines) is 1. The van der Waals surface area contributed by atoms with Crippen LogP contribution in [0.25, 0.3) is 0 Å². The molecule has 112 valence electrons. The molecular weight excluding hydrogens is 296 g/mol. The van der Waals surface area contributed by atoms with Gasteiger partial charge in [-0.25, -0.2) is 4.98 Å². The van der Waals surface area contributed by atoms with E-state index in [2.05, 4.69) is 10.3 Å². The molecule has 1 aromatic rings. The highest BCUT2D eigenvalue weighted by Gasteiger charge is 2.38. The molecule has 0 unspecified atom stereocenters. The number of aromatic nitrogens is 1. The van der Waals surface area contributed by atoms with Crippen molar-refractivity contribution in [2.24, 2.45) is 5.92 Å². The zero-order valence-electron chi connectivity index (χ0n) is 11.3. The molecule has 0 bridgehead atoms. The number of pyridine rings is 1. The molecule has 2 saturated heterocycles. The minimum atomic E-state index is -0.599. The SMILES string of the molecule is O=C(c1cc(Cl)ncc1[N+](=O)[O-])N1C[C@@H]2CCCN[C@@H]2C1. The first-order valence-electron chi connectivity index (χ1n) is 6.89. The first-order chi connectivity index (χ1) is 10.1. The van der Waals surface area contributed by atoms with E-state index in [4.69, 9.17) is 11.6 Å². The summed E-state index contributed by atoms with van der Waals surface area (Å²) in [6.45, 7) is 2.18. The summed E-state index contributed by atoms with van der Waals surface area (Å²) in [5, 5.41) is 14.5. The van der Waals surface area contributed by atoms with Crippen molar-refractivity contribution in [3.8, 4) is 0 Å². The van der Waals surface area contributed by atoms with Crippen molar-refractivity contribution in [3.63, 3.8) is 0 Å². The number of piperidine rings is 1. The highest BCUT2D eigenvalue weighted by atomic mass is 35.5. The maximum Gasteiger partial charge on any atom is 0.300 e. The first-order valence-corrected chi connectivity index (χ1v) is 7.26. The molecule has 0 aromatic carbocycles. The Morgan fingerprint density at radius 1 is 1.52 bits per heavy atom. The van der Waals surface area contributed by atoms with Crippen LogP contribution < -0.4 is 5.32 Å². The fourth-order valence-corrected chi connectivity index (χ4v) is 3.28. The molecule has 1 amide bonds. The molecule has 2 atom stereocenters. The molecule has 3 rings (SSSR count). The molecule has 0 spiro atoms. The molecule has 0 radical (unpaired) electrons. The van der Waals surface area contributed by atoms with Gasteiger partial charge in [-0.3, -0.25) is 14.9 Å². The van der Waals surface area contributed by atoms with Crippen molar-refractivity contribution < 1.29 is 9.72 Å². The van der Waals surface area contributed by atoms with Crippen LogP contribution in [0.1, 0.15) is 23.2 Å². The Bertz CT molecular complexity index is 581. The number of carbonyl (C=O) groups excluding carboxylic acids is 1. The molecule has 2 aliphatic heterocycles. The van der Waals surface area contributed by atoms with Crippen molar-refractivity contribution in [2.75, 3.05) is 19.6 Å². The number of hydrogen-bond donors (Lipinski definition) is 1. The van der Waals surface area contributed by atoms with Gasteiger partial charge in [0.2, 0.25) is 0 Å². The van der Waals surface area contributed by atoms with E-state index in [1.807, 2.05) is 0 Å². The zero-order valence-corrected chi connectivity index (χ0v) is 12.0. The Labute approximate surface area is 126 Å². The summed E-state index contributed by atoms with van der Waals surface area (Å²) in [6, 6.07) is 1.57. The standard InChI is InChI=1S/C13H15ClN4O3/c14-12-4-9(11(5-16-12)18(20)21)13(19)17-6-8-2-1-3-15-10(8)7-17/h4-5,8,10,15H,1-3,6-7H2/t8-,10+/m0/s1. The number of rotatable bonds is 2. The molecular formula is C13H15ClN4O3. The largest absolute Gasteiger partial charge is 0.337 e. The van der Waals surface area contributed by atoms with E-state index in [-0.39, 0.29) is 22.3 Å². The number of nitrogens with one attached hydrogen (secondary N) is 1. The average molecular weight is 311 g/mol. The van der Waals surface area contributed by atoms with Crippen molar-refractivity contribution >= 4 is 23.2 Å². The maximum absolute atomic E-state index is 12.6. The van der Waals surface area contributed by atoms with Gasteiger partial charge in [0.05, 0.1) is 4.92 Å². The van der Waals surface area contributed by atoms with E-state index < -0.39 is 4.92 Å². The van der Waals surface area contributed by atoms with Gasteiger partial charge in [-0.1, -0.05) is 11.6 Å². The van der Waals surface area contributed by atoms with Crippen molar-refractivity contribution in [1.29, 1.82) is 0 Å². The van der Waals surface area contributed by atoms with E-state index >= 15 is 0 Å². The Balaban J connectivity index is 1.85. The molecule has 3 heterocycles. The number of amides is 1. The van der Waals surface area contributed by atoms with Gasteiger partial charge in [0, 0.05) is 19.1 Å². The summed E-state index contributed by atoms with van der Waals surface area (Å²) in [4.78, 5) is 28.4. The second-order valence-corrected chi connectivity index (χ2v) is 5.84. The number of halogens is 1. The minimum absolute atomic E-state index is 0.0126. The van der Waals surface area contributed by atoms with E-state index in [9.17, 15) is 14.9 Å². The molecule has 0 aliphatic carbocycles. The minimum Gasteiger partial charge on any atom is -0.337 e. The van der Waals surface area contributed by atoms with Crippen LogP contribution in [-0.4, -0.2) is 46.4 Å². The molecule has 1 aromatic heterocycles. The van der Waals surface area contributed by atoms with Crippen LogP contribution in [0.2, 0.25) is 5.15 Å². The van der Waals surface area contributed by atoms with Crippen molar-refractivity contribution in [3.05, 3.63) is 33.1 Å². The third kappa shape index (κ3) is 2.71. The first kappa shape index (κ1) is 14.2. The summed E-state index contributed by atoms with van der Waals surface area (Å²) in [5.41, 5.74) is -0.286. The Kier molecular flexibility index (Phi) is 3.77. The molecule has 21 heavy (non-hydrogen) atoms. The van der Waals surface area contributed by atoms with Crippen LogP contribution in [0.5, 0.6) is 0 Å². The van der Waals surface area contributed by atoms with E-state index in [1.54, 1.807) is 4.90 Å². The summed E-state index contributed by atoms with van der Waals surface area (Å²) >= 11 is 5.78. The zero-order chi connectivity index (χ0) is 15.0. The van der Waals surface area contributed by atoms with Gasteiger partial charge >= 0.3 is 0 Å². The van der Waals surface area contributed by atoms with Crippen LogP contribution in [0, 0.1) is 16.0 Å². The van der Waals surface area contributed by atoms with Crippen LogP contribution >= 0.6 is 11.6 Å². The van der Waals surface area contributed by atoms with Crippen LogP contribution in [0.3, 0.4) is 0 Å². The monoisotopic (exact) mass is 310 g/mol. The highest BCUT2D eigenvalue weighted by Crippen LogP contribution is 2.28. The fourth-order valence-electron chi connectivity index (χ4n) is 3.12. The molecule has 2 aliphatic rings. The third-order valence-electron chi connectivity index (χ3n) is 4.16. The molecule has 7 nitrogen and oxygen atoms in total. The normalized spacial score (nSPS) is 24.7. The maximum atomic E-state index is 12.6. The smallest absolute Gasteiger partial charge is 0.300 e. The van der Waals surface area contributed by atoms with Gasteiger partial charge in [-0.2, -0.15) is 0 Å². The van der Waals surface area contributed by atoms with E-state index in [0.717, 1.165) is 25.6 Å². The second kappa shape index (κ2) is 5.57. The topological polar surface area (TPSA) is 88.4 Å². The molecule has 0 saturated carbocycles. The van der Waals surface area contributed by atoms with Gasteiger partial charge in [0.25, 0.3) is 11.6 Å². The van der Waals surface area contributed by atoms with E-state index in [1.165, 1.54) is 6.07 Å². The Hall–Kier alpha value is -1.73.